The first-order valence-corrected chi connectivity index (χ1v) is 8.47. The fourth-order valence-corrected chi connectivity index (χ4v) is 5.13. The predicted octanol–water partition coefficient (Wildman–Crippen LogP) is 3.43. The summed E-state index contributed by atoms with van der Waals surface area (Å²) >= 11 is 1.95. The van der Waals surface area contributed by atoms with Crippen LogP contribution in [0.3, 0.4) is 0 Å². The fourth-order valence-electron chi connectivity index (χ4n) is 3.77. The second-order valence-electron chi connectivity index (χ2n) is 5.84. The molecule has 4 rings (SSSR count). The summed E-state index contributed by atoms with van der Waals surface area (Å²) in [6.45, 7) is 3.18. The molecule has 0 amide bonds. The third-order valence-electron chi connectivity index (χ3n) is 4.69. The third-order valence-corrected chi connectivity index (χ3v) is 6.01. The lowest BCUT2D eigenvalue weighted by Crippen LogP contribution is -2.41. The molecule has 0 saturated heterocycles. The summed E-state index contributed by atoms with van der Waals surface area (Å²) in [6, 6.07) is 8.88. The second-order valence-corrected chi connectivity index (χ2v) is 6.92. The van der Waals surface area contributed by atoms with Crippen LogP contribution in [0.25, 0.3) is 0 Å². The number of aryl methyl sites for hydroxylation is 3. The Morgan fingerprint density at radius 3 is 3.00 bits per heavy atom. The number of thiazole rings is 1. The summed E-state index contributed by atoms with van der Waals surface area (Å²) in [7, 11) is 0. The Balaban J connectivity index is 1.85. The van der Waals surface area contributed by atoms with Crippen LogP contribution in [0.5, 0.6) is 0 Å². The van der Waals surface area contributed by atoms with E-state index in [4.69, 9.17) is 4.98 Å². The minimum atomic E-state index is -0.0274. The van der Waals surface area contributed by atoms with Gasteiger partial charge in [-0.3, -0.25) is 0 Å². The van der Waals surface area contributed by atoms with Crippen LogP contribution in [0.15, 0.2) is 24.3 Å². The smallest absolute Gasteiger partial charge is 0.118 e. The van der Waals surface area contributed by atoms with Crippen LogP contribution < -0.4 is 5.32 Å². The van der Waals surface area contributed by atoms with Crippen molar-refractivity contribution in [2.45, 2.75) is 44.6 Å². The normalized spacial score (nSPS) is 23.9. The largest absolute Gasteiger partial charge is 0.302 e. The Morgan fingerprint density at radius 2 is 2.15 bits per heavy atom. The van der Waals surface area contributed by atoms with Crippen molar-refractivity contribution < 1.29 is 0 Å². The standard InChI is InChI=1S/C17H20N2S/c1-2-18-17(11-10-12-6-3-4-7-13(12)17)16-19-14-8-5-9-15(14)20-16/h3-4,6-7,18H,2,5,8-11H2,1H3. The number of hydrogen-bond donors (Lipinski definition) is 1. The minimum absolute atomic E-state index is 0.0274. The Kier molecular flexibility index (Phi) is 2.93. The van der Waals surface area contributed by atoms with Crippen LogP contribution >= 0.6 is 11.3 Å². The van der Waals surface area contributed by atoms with Crippen LogP contribution in [0.2, 0.25) is 0 Å². The highest BCUT2D eigenvalue weighted by Gasteiger charge is 2.42. The van der Waals surface area contributed by atoms with Gasteiger partial charge in [0.15, 0.2) is 0 Å². The zero-order valence-electron chi connectivity index (χ0n) is 11.9. The van der Waals surface area contributed by atoms with E-state index in [2.05, 4.69) is 36.5 Å². The molecule has 3 heteroatoms. The molecule has 1 aromatic carbocycles. The van der Waals surface area contributed by atoms with Crippen LogP contribution in [-0.4, -0.2) is 11.5 Å². The lowest BCUT2D eigenvalue weighted by Gasteiger charge is -2.29. The minimum Gasteiger partial charge on any atom is -0.302 e. The summed E-state index contributed by atoms with van der Waals surface area (Å²) in [4.78, 5) is 6.55. The summed E-state index contributed by atoms with van der Waals surface area (Å²) < 4.78 is 0. The van der Waals surface area contributed by atoms with Gasteiger partial charge < -0.3 is 5.32 Å². The highest BCUT2D eigenvalue weighted by Crippen LogP contribution is 2.45. The van der Waals surface area contributed by atoms with Crippen LogP contribution in [0, 0.1) is 0 Å². The van der Waals surface area contributed by atoms with Crippen molar-refractivity contribution in [3.63, 3.8) is 0 Å². The molecule has 0 bridgehead atoms. The molecule has 1 N–H and O–H groups in total. The van der Waals surface area contributed by atoms with E-state index in [1.807, 2.05) is 11.3 Å². The molecule has 1 atom stereocenters. The Bertz CT molecular complexity index is 621. The Labute approximate surface area is 124 Å². The van der Waals surface area contributed by atoms with Gasteiger partial charge in [-0.1, -0.05) is 31.2 Å². The third kappa shape index (κ3) is 1.69. The van der Waals surface area contributed by atoms with Crippen molar-refractivity contribution in [1.82, 2.24) is 10.3 Å². The summed E-state index contributed by atoms with van der Waals surface area (Å²) in [5.74, 6) is 0. The maximum absolute atomic E-state index is 5.02. The molecular formula is C17H20N2S. The van der Waals surface area contributed by atoms with Gasteiger partial charge in [0.2, 0.25) is 0 Å². The van der Waals surface area contributed by atoms with E-state index >= 15 is 0 Å². The van der Waals surface area contributed by atoms with Crippen molar-refractivity contribution in [3.8, 4) is 0 Å². The van der Waals surface area contributed by atoms with Crippen LogP contribution in [-0.2, 0) is 24.8 Å². The van der Waals surface area contributed by atoms with Crippen molar-refractivity contribution >= 4 is 11.3 Å². The van der Waals surface area contributed by atoms with Crippen molar-refractivity contribution in [1.29, 1.82) is 0 Å². The van der Waals surface area contributed by atoms with Gasteiger partial charge in [0.1, 0.15) is 5.01 Å². The molecular weight excluding hydrogens is 264 g/mol. The highest BCUT2D eigenvalue weighted by molar-refractivity contribution is 7.12. The van der Waals surface area contributed by atoms with Gasteiger partial charge >= 0.3 is 0 Å². The van der Waals surface area contributed by atoms with Crippen molar-refractivity contribution in [2.75, 3.05) is 6.54 Å². The van der Waals surface area contributed by atoms with Gasteiger partial charge in [0.25, 0.3) is 0 Å². The Hall–Kier alpha value is -1.19. The lowest BCUT2D eigenvalue weighted by molar-refractivity contribution is 0.407. The van der Waals surface area contributed by atoms with E-state index in [0.29, 0.717) is 0 Å². The van der Waals surface area contributed by atoms with E-state index in [-0.39, 0.29) is 5.54 Å². The first-order valence-electron chi connectivity index (χ1n) is 7.66. The van der Waals surface area contributed by atoms with Crippen molar-refractivity contribution in [3.05, 3.63) is 51.0 Å². The average molecular weight is 284 g/mol. The number of nitrogens with zero attached hydrogens (tertiary/aromatic N) is 1. The molecule has 2 aliphatic rings. The Morgan fingerprint density at radius 1 is 1.25 bits per heavy atom. The molecule has 1 heterocycles. The van der Waals surface area contributed by atoms with E-state index in [0.717, 1.165) is 19.4 Å². The molecule has 0 spiro atoms. The van der Waals surface area contributed by atoms with Gasteiger partial charge in [-0.25, -0.2) is 4.98 Å². The number of nitrogens with one attached hydrogen (secondary N) is 1. The lowest BCUT2D eigenvalue weighted by atomic mass is 9.92. The zero-order valence-corrected chi connectivity index (χ0v) is 12.7. The molecule has 0 saturated carbocycles. The molecule has 0 radical (unpaired) electrons. The monoisotopic (exact) mass is 284 g/mol. The van der Waals surface area contributed by atoms with Gasteiger partial charge in [0, 0.05) is 4.88 Å². The molecule has 0 aliphatic heterocycles. The first kappa shape index (κ1) is 12.5. The molecule has 1 unspecified atom stereocenters. The van der Waals surface area contributed by atoms with Crippen molar-refractivity contribution in [2.24, 2.45) is 0 Å². The summed E-state index contributed by atoms with van der Waals surface area (Å²) in [5, 5.41) is 5.07. The number of hydrogen-bond acceptors (Lipinski definition) is 3. The number of fused-ring (bicyclic) bond motifs is 2. The number of rotatable bonds is 3. The summed E-state index contributed by atoms with van der Waals surface area (Å²) in [5.41, 5.74) is 4.28. The van der Waals surface area contributed by atoms with Gasteiger partial charge in [-0.15, -0.1) is 11.3 Å². The quantitative estimate of drug-likeness (QED) is 0.934. The first-order chi connectivity index (χ1) is 9.83. The molecule has 2 aromatic rings. The van der Waals surface area contributed by atoms with E-state index in [9.17, 15) is 0 Å². The fraction of sp³-hybridized carbons (Fsp3) is 0.471. The van der Waals surface area contributed by atoms with Crippen LogP contribution in [0.1, 0.15) is 46.5 Å². The maximum atomic E-state index is 5.02. The average Bonchev–Trinajstić information content (AvgIpc) is 3.12. The van der Waals surface area contributed by atoms with E-state index in [1.54, 1.807) is 0 Å². The predicted molar refractivity (Wildman–Crippen MR) is 83.4 cm³/mol. The number of aromatic nitrogens is 1. The molecule has 20 heavy (non-hydrogen) atoms. The molecule has 1 aromatic heterocycles. The maximum Gasteiger partial charge on any atom is 0.118 e. The van der Waals surface area contributed by atoms with E-state index < -0.39 is 0 Å². The molecule has 104 valence electrons. The van der Waals surface area contributed by atoms with Crippen LogP contribution in [0.4, 0.5) is 0 Å². The number of benzene rings is 1. The van der Waals surface area contributed by atoms with Gasteiger partial charge in [-0.2, -0.15) is 0 Å². The second kappa shape index (κ2) is 4.68. The zero-order chi connectivity index (χ0) is 13.6. The molecule has 0 fully saturated rings. The SMILES string of the molecule is CCNC1(c2nc3c(s2)CCC3)CCc2ccccc21. The summed E-state index contributed by atoms with van der Waals surface area (Å²) in [6.07, 6.45) is 6.01. The molecule has 2 nitrogen and oxygen atoms in total. The van der Waals surface area contributed by atoms with E-state index in [1.165, 1.54) is 46.0 Å². The molecule has 2 aliphatic carbocycles. The highest BCUT2D eigenvalue weighted by atomic mass is 32.1. The van der Waals surface area contributed by atoms with Gasteiger partial charge in [0.05, 0.1) is 11.2 Å². The van der Waals surface area contributed by atoms with Gasteiger partial charge in [-0.05, 0) is 49.8 Å². The topological polar surface area (TPSA) is 24.9 Å².